The second-order valence-electron chi connectivity index (χ2n) is 5.18. The first-order chi connectivity index (χ1) is 11.0. The lowest BCUT2D eigenvalue weighted by Gasteiger charge is -2.20. The second kappa shape index (κ2) is 7.92. The van der Waals surface area contributed by atoms with E-state index in [1.165, 1.54) is 11.1 Å². The fourth-order valence-electron chi connectivity index (χ4n) is 2.23. The molecular formula is C16H18BrN3O3. The summed E-state index contributed by atoms with van der Waals surface area (Å²) in [5.41, 5.74) is 1.25. The van der Waals surface area contributed by atoms with E-state index in [1.807, 2.05) is 31.2 Å². The molecule has 0 aliphatic rings. The molecule has 1 amide bonds. The number of benzene rings is 1. The molecule has 0 aliphatic heterocycles. The molecule has 2 aromatic rings. The van der Waals surface area contributed by atoms with Crippen LogP contribution in [-0.4, -0.2) is 38.2 Å². The van der Waals surface area contributed by atoms with E-state index in [9.17, 15) is 9.59 Å². The number of carboxylic acids is 1. The molecule has 0 unspecified atom stereocenters. The van der Waals surface area contributed by atoms with Crippen LogP contribution in [0.5, 0.6) is 0 Å². The summed E-state index contributed by atoms with van der Waals surface area (Å²) in [6.45, 7) is 2.61. The second-order valence-corrected chi connectivity index (χ2v) is 6.09. The Kier molecular flexibility index (Phi) is 5.92. The first-order valence-corrected chi connectivity index (χ1v) is 8.07. The summed E-state index contributed by atoms with van der Waals surface area (Å²) in [5, 5.41) is 13.2. The number of rotatable bonds is 7. The summed E-state index contributed by atoms with van der Waals surface area (Å²) in [6.07, 6.45) is 4.04. The molecule has 0 bridgehead atoms. The van der Waals surface area contributed by atoms with Crippen LogP contribution in [0.25, 0.3) is 0 Å². The van der Waals surface area contributed by atoms with Crippen LogP contribution in [0.15, 0.2) is 41.1 Å². The van der Waals surface area contributed by atoms with Gasteiger partial charge in [-0.2, -0.15) is 5.10 Å². The Morgan fingerprint density at radius 3 is 2.83 bits per heavy atom. The third kappa shape index (κ3) is 4.92. The lowest BCUT2D eigenvalue weighted by Crippen LogP contribution is -2.35. The quantitative estimate of drug-likeness (QED) is 0.802. The summed E-state index contributed by atoms with van der Waals surface area (Å²) in [7, 11) is 0. The van der Waals surface area contributed by atoms with E-state index in [-0.39, 0.29) is 19.0 Å². The smallest absolute Gasteiger partial charge is 0.323 e. The number of carbonyl (C=O) groups is 2. The summed E-state index contributed by atoms with van der Waals surface area (Å²) in [6, 6.07) is 7.44. The monoisotopic (exact) mass is 379 g/mol. The van der Waals surface area contributed by atoms with Crippen molar-refractivity contribution in [3.05, 3.63) is 52.3 Å². The van der Waals surface area contributed by atoms with Gasteiger partial charge in [0.05, 0.1) is 11.8 Å². The van der Waals surface area contributed by atoms with E-state index >= 15 is 0 Å². The van der Waals surface area contributed by atoms with Gasteiger partial charge in [0.15, 0.2) is 0 Å². The molecule has 6 nitrogen and oxygen atoms in total. The van der Waals surface area contributed by atoms with E-state index in [4.69, 9.17) is 5.11 Å². The Hall–Kier alpha value is -2.15. The van der Waals surface area contributed by atoms with Crippen LogP contribution >= 0.6 is 15.9 Å². The Bertz CT molecular complexity index is 699. The van der Waals surface area contributed by atoms with Crippen molar-refractivity contribution in [3.8, 4) is 0 Å². The van der Waals surface area contributed by atoms with Crippen LogP contribution in [0.4, 0.5) is 0 Å². The number of aryl methyl sites for hydroxylation is 1. The number of nitrogens with zero attached hydrogens (tertiary/aromatic N) is 3. The predicted octanol–water partition coefficient (Wildman–Crippen LogP) is 2.78. The van der Waals surface area contributed by atoms with Gasteiger partial charge in [-0.25, -0.2) is 0 Å². The molecule has 1 N–H and O–H groups in total. The maximum atomic E-state index is 12.6. The van der Waals surface area contributed by atoms with Crippen LogP contribution in [-0.2, 0) is 17.9 Å². The van der Waals surface area contributed by atoms with E-state index in [2.05, 4.69) is 21.0 Å². The van der Waals surface area contributed by atoms with Gasteiger partial charge in [-0.15, -0.1) is 0 Å². The van der Waals surface area contributed by atoms with E-state index < -0.39 is 5.97 Å². The number of hydrogen-bond acceptors (Lipinski definition) is 3. The van der Waals surface area contributed by atoms with E-state index in [0.717, 1.165) is 23.0 Å². The highest BCUT2D eigenvalue weighted by Crippen LogP contribution is 2.15. The largest absolute Gasteiger partial charge is 0.480 e. The normalized spacial score (nSPS) is 10.5. The van der Waals surface area contributed by atoms with Gasteiger partial charge in [0, 0.05) is 23.8 Å². The Balaban J connectivity index is 2.19. The third-order valence-corrected chi connectivity index (χ3v) is 3.70. The Morgan fingerprint density at radius 1 is 1.39 bits per heavy atom. The molecular weight excluding hydrogens is 362 g/mol. The fraction of sp³-hybridized carbons (Fsp3) is 0.312. The minimum Gasteiger partial charge on any atom is -0.480 e. The zero-order chi connectivity index (χ0) is 16.8. The molecule has 1 aromatic carbocycles. The molecule has 0 fully saturated rings. The number of carboxylic acid groups (broad SMARTS) is 1. The molecule has 23 heavy (non-hydrogen) atoms. The average molecular weight is 380 g/mol. The molecule has 1 heterocycles. The Labute approximate surface area is 142 Å². The van der Waals surface area contributed by atoms with Crippen molar-refractivity contribution in [1.29, 1.82) is 0 Å². The van der Waals surface area contributed by atoms with Gasteiger partial charge in [-0.3, -0.25) is 14.3 Å². The molecule has 122 valence electrons. The van der Waals surface area contributed by atoms with Gasteiger partial charge in [-0.05, 0) is 24.1 Å². The lowest BCUT2D eigenvalue weighted by molar-refractivity contribution is -0.137. The third-order valence-electron chi connectivity index (χ3n) is 3.21. The van der Waals surface area contributed by atoms with Crippen molar-refractivity contribution in [1.82, 2.24) is 14.7 Å². The highest BCUT2D eigenvalue weighted by atomic mass is 79.9. The van der Waals surface area contributed by atoms with Gasteiger partial charge < -0.3 is 10.0 Å². The summed E-state index contributed by atoms with van der Waals surface area (Å²) in [5.74, 6) is -1.39. The van der Waals surface area contributed by atoms with Crippen LogP contribution in [0.1, 0.15) is 29.3 Å². The molecule has 0 saturated heterocycles. The minimum atomic E-state index is -1.05. The number of hydrogen-bond donors (Lipinski definition) is 1. The molecule has 1 aromatic heterocycles. The summed E-state index contributed by atoms with van der Waals surface area (Å²) >= 11 is 3.37. The minimum absolute atomic E-state index is 0.226. The van der Waals surface area contributed by atoms with Gasteiger partial charge in [-0.1, -0.05) is 35.0 Å². The maximum absolute atomic E-state index is 12.6. The van der Waals surface area contributed by atoms with Crippen molar-refractivity contribution >= 4 is 27.8 Å². The van der Waals surface area contributed by atoms with Gasteiger partial charge in [0.25, 0.3) is 5.91 Å². The highest BCUT2D eigenvalue weighted by Gasteiger charge is 2.20. The predicted molar refractivity (Wildman–Crippen MR) is 89.0 cm³/mol. The molecule has 7 heteroatoms. The number of amides is 1. The van der Waals surface area contributed by atoms with Crippen molar-refractivity contribution in [3.63, 3.8) is 0 Å². The van der Waals surface area contributed by atoms with E-state index in [0.29, 0.717) is 5.56 Å². The average Bonchev–Trinajstić information content (AvgIpc) is 2.94. The molecule has 0 spiro atoms. The molecule has 2 rings (SSSR count). The molecule has 0 saturated carbocycles. The van der Waals surface area contributed by atoms with Gasteiger partial charge >= 0.3 is 5.97 Å². The first-order valence-electron chi connectivity index (χ1n) is 7.27. The topological polar surface area (TPSA) is 75.4 Å². The lowest BCUT2D eigenvalue weighted by atomic mass is 10.2. The summed E-state index contributed by atoms with van der Waals surface area (Å²) in [4.78, 5) is 25.0. The Morgan fingerprint density at radius 2 is 2.17 bits per heavy atom. The zero-order valence-corrected chi connectivity index (χ0v) is 14.4. The van der Waals surface area contributed by atoms with E-state index in [1.54, 1.807) is 10.9 Å². The summed E-state index contributed by atoms with van der Waals surface area (Å²) < 4.78 is 2.57. The van der Waals surface area contributed by atoms with Crippen molar-refractivity contribution in [2.24, 2.45) is 0 Å². The number of halogens is 1. The first kappa shape index (κ1) is 17.2. The highest BCUT2D eigenvalue weighted by molar-refractivity contribution is 9.10. The van der Waals surface area contributed by atoms with Gasteiger partial charge in [0.2, 0.25) is 0 Å². The van der Waals surface area contributed by atoms with Crippen molar-refractivity contribution in [2.75, 3.05) is 6.54 Å². The number of carbonyl (C=O) groups excluding carboxylic acids is 1. The van der Waals surface area contributed by atoms with Crippen LogP contribution in [0.2, 0.25) is 0 Å². The SMILES string of the molecule is CCCn1cc(C(=O)N(CC(=O)O)Cc2cccc(Br)c2)cn1. The zero-order valence-electron chi connectivity index (χ0n) is 12.8. The number of aromatic nitrogens is 2. The van der Waals surface area contributed by atoms with Crippen LogP contribution in [0, 0.1) is 0 Å². The van der Waals surface area contributed by atoms with Gasteiger partial charge in [0.1, 0.15) is 6.54 Å². The fourth-order valence-corrected chi connectivity index (χ4v) is 2.67. The standard InChI is InChI=1S/C16H18BrN3O3/c1-2-6-20-10-13(8-18-20)16(23)19(11-15(21)22)9-12-4-3-5-14(17)7-12/h3-5,7-8,10H,2,6,9,11H2,1H3,(H,21,22). The molecule has 0 aliphatic carbocycles. The van der Waals surface area contributed by atoms with Crippen LogP contribution in [0.3, 0.4) is 0 Å². The van der Waals surface area contributed by atoms with Crippen molar-refractivity contribution < 1.29 is 14.7 Å². The molecule has 0 radical (unpaired) electrons. The number of aliphatic carboxylic acids is 1. The van der Waals surface area contributed by atoms with Crippen LogP contribution < -0.4 is 0 Å². The maximum Gasteiger partial charge on any atom is 0.323 e. The van der Waals surface area contributed by atoms with Crippen molar-refractivity contribution in [2.45, 2.75) is 26.4 Å². The molecule has 0 atom stereocenters.